The van der Waals surface area contributed by atoms with Gasteiger partial charge in [-0.2, -0.15) is 0 Å². The van der Waals surface area contributed by atoms with E-state index in [1.165, 1.54) is 0 Å². The van der Waals surface area contributed by atoms with Crippen molar-refractivity contribution in [3.8, 4) is 0 Å². The maximum Gasteiger partial charge on any atom is 0.231 e. The lowest BCUT2D eigenvalue weighted by Crippen LogP contribution is -2.49. The number of carbonyl (C=O) groups is 2. The highest BCUT2D eigenvalue weighted by molar-refractivity contribution is 5.94. The van der Waals surface area contributed by atoms with Crippen molar-refractivity contribution < 1.29 is 9.59 Å². The molecule has 0 fully saturated rings. The third kappa shape index (κ3) is 5.95. The second kappa shape index (κ2) is 6.91. The smallest absolute Gasteiger partial charge is 0.231 e. The van der Waals surface area contributed by atoms with Crippen LogP contribution in [0.25, 0.3) is 0 Å². The quantitative estimate of drug-likeness (QED) is 0.863. The van der Waals surface area contributed by atoms with E-state index < -0.39 is 10.8 Å². The van der Waals surface area contributed by atoms with Crippen molar-refractivity contribution in [3.63, 3.8) is 0 Å². The van der Waals surface area contributed by atoms with Crippen molar-refractivity contribution in [1.82, 2.24) is 10.3 Å². The maximum atomic E-state index is 12.6. The van der Waals surface area contributed by atoms with Gasteiger partial charge >= 0.3 is 0 Å². The Bertz CT molecular complexity index is 596. The Balaban J connectivity index is 2.80. The van der Waals surface area contributed by atoms with Gasteiger partial charge in [-0.1, -0.05) is 33.8 Å². The Morgan fingerprint density at radius 3 is 1.96 bits per heavy atom. The molecule has 0 aliphatic carbocycles. The number of nitrogens with zero attached hydrogens (tertiary/aromatic N) is 1. The SMILES string of the molecule is Cc1ccc(NC(=O)C(C)(C)CC(C)(C)C(=O)NC(C)(C)C)nc1. The predicted molar refractivity (Wildman–Crippen MR) is 97.7 cm³/mol. The van der Waals surface area contributed by atoms with E-state index in [2.05, 4.69) is 15.6 Å². The number of pyridine rings is 1. The van der Waals surface area contributed by atoms with Gasteiger partial charge in [-0.15, -0.1) is 0 Å². The van der Waals surface area contributed by atoms with E-state index in [9.17, 15) is 9.59 Å². The molecular weight excluding hydrogens is 302 g/mol. The summed E-state index contributed by atoms with van der Waals surface area (Å²) in [6.45, 7) is 15.2. The van der Waals surface area contributed by atoms with Gasteiger partial charge in [0.1, 0.15) is 5.82 Å². The van der Waals surface area contributed by atoms with Gasteiger partial charge in [-0.3, -0.25) is 9.59 Å². The molecule has 24 heavy (non-hydrogen) atoms. The van der Waals surface area contributed by atoms with E-state index in [1.807, 2.05) is 61.5 Å². The molecule has 0 aliphatic rings. The maximum absolute atomic E-state index is 12.6. The van der Waals surface area contributed by atoms with E-state index in [0.717, 1.165) is 5.56 Å². The van der Waals surface area contributed by atoms with Crippen molar-refractivity contribution in [3.05, 3.63) is 23.9 Å². The highest BCUT2D eigenvalue weighted by atomic mass is 16.2. The lowest BCUT2D eigenvalue weighted by Gasteiger charge is -2.35. The molecule has 0 unspecified atom stereocenters. The normalized spacial score (nSPS) is 12.7. The minimum Gasteiger partial charge on any atom is -0.351 e. The standard InChI is InChI=1S/C19H31N3O2/c1-13-9-10-14(20-11-13)21-15(23)18(5,6)12-19(7,8)16(24)22-17(2,3)4/h9-11H,12H2,1-8H3,(H,22,24)(H,20,21,23). The number of nitrogens with one attached hydrogen (secondary N) is 2. The molecule has 1 aromatic heterocycles. The summed E-state index contributed by atoms with van der Waals surface area (Å²) in [4.78, 5) is 29.3. The van der Waals surface area contributed by atoms with Gasteiger partial charge in [0.25, 0.3) is 0 Å². The molecular formula is C19H31N3O2. The zero-order valence-electron chi connectivity index (χ0n) is 16.2. The fraction of sp³-hybridized carbons (Fsp3) is 0.632. The molecule has 0 saturated heterocycles. The summed E-state index contributed by atoms with van der Waals surface area (Å²) < 4.78 is 0. The summed E-state index contributed by atoms with van der Waals surface area (Å²) in [5, 5.41) is 5.83. The number of anilines is 1. The van der Waals surface area contributed by atoms with Crippen molar-refractivity contribution in [1.29, 1.82) is 0 Å². The summed E-state index contributed by atoms with van der Waals surface area (Å²) in [6.07, 6.45) is 2.14. The molecule has 5 heteroatoms. The van der Waals surface area contributed by atoms with Crippen LogP contribution in [-0.2, 0) is 9.59 Å². The molecule has 2 N–H and O–H groups in total. The summed E-state index contributed by atoms with van der Waals surface area (Å²) in [5.74, 6) is 0.329. The van der Waals surface area contributed by atoms with E-state index in [1.54, 1.807) is 12.3 Å². The fourth-order valence-electron chi connectivity index (χ4n) is 2.60. The molecule has 0 aromatic carbocycles. The van der Waals surface area contributed by atoms with Gasteiger partial charge in [0, 0.05) is 22.6 Å². The first-order chi connectivity index (χ1) is 10.7. The second-order valence-electron chi connectivity index (χ2n) is 8.82. The van der Waals surface area contributed by atoms with Crippen LogP contribution < -0.4 is 10.6 Å². The minimum atomic E-state index is -0.703. The second-order valence-corrected chi connectivity index (χ2v) is 8.82. The third-order valence-corrected chi connectivity index (χ3v) is 3.75. The van der Waals surface area contributed by atoms with Crippen LogP contribution in [-0.4, -0.2) is 22.3 Å². The van der Waals surface area contributed by atoms with Gasteiger partial charge in [0.2, 0.25) is 11.8 Å². The third-order valence-electron chi connectivity index (χ3n) is 3.75. The number of rotatable bonds is 5. The van der Waals surface area contributed by atoms with E-state index >= 15 is 0 Å². The fourth-order valence-corrected chi connectivity index (χ4v) is 2.60. The Labute approximate surface area is 145 Å². The Morgan fingerprint density at radius 1 is 0.958 bits per heavy atom. The lowest BCUT2D eigenvalue weighted by atomic mass is 9.73. The van der Waals surface area contributed by atoms with Gasteiger partial charge in [-0.05, 0) is 45.7 Å². The van der Waals surface area contributed by atoms with Gasteiger partial charge < -0.3 is 10.6 Å². The number of aromatic nitrogens is 1. The Kier molecular flexibility index (Phi) is 5.80. The molecule has 0 saturated carbocycles. The monoisotopic (exact) mass is 333 g/mol. The molecule has 0 atom stereocenters. The van der Waals surface area contributed by atoms with Crippen LogP contribution >= 0.6 is 0 Å². The Hall–Kier alpha value is -1.91. The van der Waals surface area contributed by atoms with E-state index in [0.29, 0.717) is 12.2 Å². The summed E-state index contributed by atoms with van der Waals surface area (Å²) in [6, 6.07) is 3.68. The molecule has 0 bridgehead atoms. The molecule has 134 valence electrons. The molecule has 0 radical (unpaired) electrons. The molecule has 0 aliphatic heterocycles. The molecule has 5 nitrogen and oxygen atoms in total. The van der Waals surface area contributed by atoms with Crippen LogP contribution in [0, 0.1) is 17.8 Å². The first-order valence-electron chi connectivity index (χ1n) is 8.30. The van der Waals surface area contributed by atoms with E-state index in [-0.39, 0.29) is 17.4 Å². The van der Waals surface area contributed by atoms with Crippen molar-refractivity contribution in [2.24, 2.45) is 10.8 Å². The van der Waals surface area contributed by atoms with Crippen molar-refractivity contribution in [2.75, 3.05) is 5.32 Å². The van der Waals surface area contributed by atoms with Crippen LogP contribution in [0.2, 0.25) is 0 Å². The van der Waals surface area contributed by atoms with Gasteiger partial charge in [0.05, 0.1) is 0 Å². The van der Waals surface area contributed by atoms with Crippen LogP contribution in [0.15, 0.2) is 18.3 Å². The summed E-state index contributed by atoms with van der Waals surface area (Å²) in [7, 11) is 0. The average Bonchev–Trinajstić information content (AvgIpc) is 2.38. The minimum absolute atomic E-state index is 0.0515. The van der Waals surface area contributed by atoms with Gasteiger partial charge in [-0.25, -0.2) is 4.98 Å². The molecule has 1 aromatic rings. The van der Waals surface area contributed by atoms with Gasteiger partial charge in [0.15, 0.2) is 0 Å². The molecule has 1 rings (SSSR count). The Morgan fingerprint density at radius 2 is 1.50 bits per heavy atom. The number of hydrogen-bond acceptors (Lipinski definition) is 3. The molecule has 2 amide bonds. The zero-order valence-corrected chi connectivity index (χ0v) is 16.2. The first kappa shape index (κ1) is 20.1. The number of carbonyl (C=O) groups excluding carboxylic acids is 2. The summed E-state index contributed by atoms with van der Waals surface area (Å²) in [5.41, 5.74) is -0.626. The highest BCUT2D eigenvalue weighted by Crippen LogP contribution is 2.35. The topological polar surface area (TPSA) is 71.1 Å². The van der Waals surface area contributed by atoms with Crippen LogP contribution in [0.5, 0.6) is 0 Å². The summed E-state index contributed by atoms with van der Waals surface area (Å²) >= 11 is 0. The number of hydrogen-bond donors (Lipinski definition) is 2. The van der Waals surface area contributed by atoms with Crippen LogP contribution in [0.1, 0.15) is 60.5 Å². The van der Waals surface area contributed by atoms with Crippen molar-refractivity contribution >= 4 is 17.6 Å². The average molecular weight is 333 g/mol. The number of amides is 2. The first-order valence-corrected chi connectivity index (χ1v) is 8.30. The van der Waals surface area contributed by atoms with Crippen LogP contribution in [0.3, 0.4) is 0 Å². The highest BCUT2D eigenvalue weighted by Gasteiger charge is 2.39. The largest absolute Gasteiger partial charge is 0.351 e. The zero-order chi connectivity index (χ0) is 18.8. The predicted octanol–water partition coefficient (Wildman–Crippen LogP) is 3.69. The number of aryl methyl sites for hydroxylation is 1. The van der Waals surface area contributed by atoms with E-state index in [4.69, 9.17) is 0 Å². The lowest BCUT2D eigenvalue weighted by molar-refractivity contribution is -0.134. The molecule has 0 spiro atoms. The molecule has 1 heterocycles. The van der Waals surface area contributed by atoms with Crippen molar-refractivity contribution in [2.45, 2.75) is 67.3 Å². The van der Waals surface area contributed by atoms with Crippen LogP contribution in [0.4, 0.5) is 5.82 Å².